The number of anilines is 1. The lowest BCUT2D eigenvalue weighted by Crippen LogP contribution is -2.51. The van der Waals surface area contributed by atoms with Crippen LogP contribution in [0.4, 0.5) is 5.69 Å². The van der Waals surface area contributed by atoms with Crippen LogP contribution in [0.3, 0.4) is 0 Å². The number of carbonyl (C=O) groups is 1. The third-order valence-electron chi connectivity index (χ3n) is 3.59. The largest absolute Gasteiger partial charge is 0.409 e. The van der Waals surface area contributed by atoms with Crippen LogP contribution in [0.5, 0.6) is 0 Å². The summed E-state index contributed by atoms with van der Waals surface area (Å²) in [5.74, 6) is -0.206. The molecule has 1 saturated carbocycles. The Balaban J connectivity index is 2.11. The lowest BCUT2D eigenvalue weighted by Gasteiger charge is -2.38. The predicted molar refractivity (Wildman–Crippen MR) is 76.5 cm³/mol. The second-order valence-electron chi connectivity index (χ2n) is 4.60. The average molecular weight is 279 g/mol. The number of amides is 1. The van der Waals surface area contributed by atoms with E-state index in [0.29, 0.717) is 12.8 Å². The SMILES string of the molecule is CSc1ccc(NC(=O)C2(/C(N)=N/O)CCC2)cc1. The Morgan fingerprint density at radius 3 is 2.47 bits per heavy atom. The maximum atomic E-state index is 12.3. The minimum Gasteiger partial charge on any atom is -0.409 e. The van der Waals surface area contributed by atoms with Crippen LogP contribution in [0.1, 0.15) is 19.3 Å². The van der Waals surface area contributed by atoms with E-state index in [1.807, 2.05) is 30.5 Å². The predicted octanol–water partition coefficient (Wildman–Crippen LogP) is 2.26. The van der Waals surface area contributed by atoms with E-state index in [9.17, 15) is 4.79 Å². The molecule has 5 nitrogen and oxygen atoms in total. The first-order valence-electron chi connectivity index (χ1n) is 6.06. The van der Waals surface area contributed by atoms with Gasteiger partial charge in [-0.3, -0.25) is 4.79 Å². The van der Waals surface area contributed by atoms with Crippen molar-refractivity contribution in [1.29, 1.82) is 0 Å². The van der Waals surface area contributed by atoms with Crippen LogP contribution >= 0.6 is 11.8 Å². The first-order valence-corrected chi connectivity index (χ1v) is 7.28. The minimum atomic E-state index is -0.840. The van der Waals surface area contributed by atoms with Gasteiger partial charge >= 0.3 is 0 Å². The molecule has 0 unspecified atom stereocenters. The van der Waals surface area contributed by atoms with Crippen molar-refractivity contribution in [3.8, 4) is 0 Å². The third-order valence-corrected chi connectivity index (χ3v) is 4.33. The van der Waals surface area contributed by atoms with Gasteiger partial charge in [-0.15, -0.1) is 11.8 Å². The molecule has 1 fully saturated rings. The van der Waals surface area contributed by atoms with Crippen LogP contribution in [0.2, 0.25) is 0 Å². The third kappa shape index (κ3) is 2.53. The lowest BCUT2D eigenvalue weighted by molar-refractivity contribution is -0.125. The van der Waals surface area contributed by atoms with E-state index in [-0.39, 0.29) is 11.7 Å². The van der Waals surface area contributed by atoms with E-state index >= 15 is 0 Å². The summed E-state index contributed by atoms with van der Waals surface area (Å²) in [5, 5.41) is 14.6. The Hall–Kier alpha value is -1.69. The molecule has 19 heavy (non-hydrogen) atoms. The van der Waals surface area contributed by atoms with Gasteiger partial charge in [0.05, 0.1) is 0 Å². The molecule has 0 bridgehead atoms. The maximum absolute atomic E-state index is 12.3. The Kier molecular flexibility index (Phi) is 3.99. The highest BCUT2D eigenvalue weighted by molar-refractivity contribution is 7.98. The fourth-order valence-electron chi connectivity index (χ4n) is 2.15. The number of nitrogens with one attached hydrogen (secondary N) is 1. The summed E-state index contributed by atoms with van der Waals surface area (Å²) >= 11 is 1.64. The first-order chi connectivity index (χ1) is 9.12. The number of thioether (sulfide) groups is 1. The fourth-order valence-corrected chi connectivity index (χ4v) is 2.56. The van der Waals surface area contributed by atoms with Crippen molar-refractivity contribution >= 4 is 29.2 Å². The molecule has 1 aliphatic carbocycles. The molecule has 1 aliphatic rings. The molecule has 102 valence electrons. The molecule has 4 N–H and O–H groups in total. The van der Waals surface area contributed by atoms with Crippen LogP contribution < -0.4 is 11.1 Å². The highest BCUT2D eigenvalue weighted by Crippen LogP contribution is 2.42. The molecule has 0 saturated heterocycles. The summed E-state index contributed by atoms with van der Waals surface area (Å²) in [6.45, 7) is 0. The van der Waals surface area contributed by atoms with Gasteiger partial charge in [0.1, 0.15) is 5.41 Å². The number of nitrogens with two attached hydrogens (primary N) is 1. The summed E-state index contributed by atoms with van der Waals surface area (Å²) in [7, 11) is 0. The number of carbonyl (C=O) groups excluding carboxylic acids is 1. The van der Waals surface area contributed by atoms with Crippen LogP contribution in [0.15, 0.2) is 34.3 Å². The Morgan fingerprint density at radius 1 is 1.42 bits per heavy atom. The lowest BCUT2D eigenvalue weighted by atomic mass is 9.67. The summed E-state index contributed by atoms with van der Waals surface area (Å²) in [5.41, 5.74) is 5.53. The van der Waals surface area contributed by atoms with Gasteiger partial charge in [-0.25, -0.2) is 0 Å². The van der Waals surface area contributed by atoms with E-state index in [2.05, 4.69) is 10.5 Å². The summed E-state index contributed by atoms with van der Waals surface area (Å²) in [6.07, 6.45) is 4.15. The van der Waals surface area contributed by atoms with Crippen molar-refractivity contribution in [3.63, 3.8) is 0 Å². The second-order valence-corrected chi connectivity index (χ2v) is 5.48. The number of amidine groups is 1. The van der Waals surface area contributed by atoms with Gasteiger partial charge in [-0.05, 0) is 43.4 Å². The molecule has 0 heterocycles. The van der Waals surface area contributed by atoms with Crippen LogP contribution in [-0.2, 0) is 4.79 Å². The normalized spacial score (nSPS) is 17.6. The molecule has 0 spiro atoms. The van der Waals surface area contributed by atoms with Crippen molar-refractivity contribution < 1.29 is 10.0 Å². The van der Waals surface area contributed by atoms with E-state index < -0.39 is 5.41 Å². The van der Waals surface area contributed by atoms with Crippen molar-refractivity contribution in [2.24, 2.45) is 16.3 Å². The molecule has 0 aliphatic heterocycles. The van der Waals surface area contributed by atoms with Crippen LogP contribution in [0, 0.1) is 5.41 Å². The number of oxime groups is 1. The molecule has 0 aromatic heterocycles. The van der Waals surface area contributed by atoms with Crippen LogP contribution in [0.25, 0.3) is 0 Å². The Bertz CT molecular complexity index is 495. The highest BCUT2D eigenvalue weighted by atomic mass is 32.2. The van der Waals surface area contributed by atoms with Crippen molar-refractivity contribution in [3.05, 3.63) is 24.3 Å². The fraction of sp³-hybridized carbons (Fsp3) is 0.385. The number of nitrogens with zero attached hydrogens (tertiary/aromatic N) is 1. The van der Waals surface area contributed by atoms with Gasteiger partial charge in [0.2, 0.25) is 5.91 Å². The van der Waals surface area contributed by atoms with Gasteiger partial charge in [0.25, 0.3) is 0 Å². The number of benzene rings is 1. The molecular weight excluding hydrogens is 262 g/mol. The number of rotatable bonds is 4. The maximum Gasteiger partial charge on any atom is 0.238 e. The monoisotopic (exact) mass is 279 g/mol. The molecule has 1 amide bonds. The zero-order valence-corrected chi connectivity index (χ0v) is 11.5. The van der Waals surface area contributed by atoms with Gasteiger partial charge in [-0.1, -0.05) is 11.6 Å². The Labute approximate surface area is 116 Å². The Morgan fingerprint density at radius 2 is 2.05 bits per heavy atom. The smallest absolute Gasteiger partial charge is 0.238 e. The minimum absolute atomic E-state index is 0.00279. The molecule has 2 rings (SSSR count). The van der Waals surface area contributed by atoms with E-state index in [4.69, 9.17) is 10.9 Å². The van der Waals surface area contributed by atoms with Crippen molar-refractivity contribution in [1.82, 2.24) is 0 Å². The van der Waals surface area contributed by atoms with Crippen molar-refractivity contribution in [2.45, 2.75) is 24.2 Å². The summed E-state index contributed by atoms with van der Waals surface area (Å²) < 4.78 is 0. The van der Waals surface area contributed by atoms with Gasteiger partial charge in [0.15, 0.2) is 5.84 Å². The van der Waals surface area contributed by atoms with Crippen molar-refractivity contribution in [2.75, 3.05) is 11.6 Å². The first kappa shape index (κ1) is 13.7. The summed E-state index contributed by atoms with van der Waals surface area (Å²) in [6, 6.07) is 7.58. The molecule has 1 aromatic rings. The number of hydrogen-bond acceptors (Lipinski definition) is 4. The molecule has 6 heteroatoms. The van der Waals surface area contributed by atoms with Crippen LogP contribution in [-0.4, -0.2) is 23.2 Å². The standard InChI is InChI=1S/C13H17N3O2S/c1-19-10-5-3-9(4-6-10)15-12(17)13(7-2-8-13)11(14)16-18/h3-6,18H,2,7-8H2,1H3,(H2,14,16)(H,15,17). The molecule has 0 radical (unpaired) electrons. The zero-order valence-electron chi connectivity index (χ0n) is 10.7. The van der Waals surface area contributed by atoms with Gasteiger partial charge in [0, 0.05) is 10.6 Å². The van der Waals surface area contributed by atoms with E-state index in [1.54, 1.807) is 11.8 Å². The zero-order chi connectivity index (χ0) is 13.9. The topological polar surface area (TPSA) is 87.7 Å². The second kappa shape index (κ2) is 5.52. The highest BCUT2D eigenvalue weighted by Gasteiger charge is 2.48. The van der Waals surface area contributed by atoms with Gasteiger partial charge < -0.3 is 16.3 Å². The quantitative estimate of drug-likeness (QED) is 0.259. The van der Waals surface area contributed by atoms with E-state index in [1.165, 1.54) is 0 Å². The number of hydrogen-bond donors (Lipinski definition) is 3. The molecule has 0 atom stereocenters. The molecular formula is C13H17N3O2S. The van der Waals surface area contributed by atoms with E-state index in [0.717, 1.165) is 17.0 Å². The molecule has 1 aromatic carbocycles. The average Bonchev–Trinajstić information content (AvgIpc) is 2.38. The van der Waals surface area contributed by atoms with Gasteiger partial charge in [-0.2, -0.15) is 0 Å². The summed E-state index contributed by atoms with van der Waals surface area (Å²) in [4.78, 5) is 13.4.